The second-order valence-corrected chi connectivity index (χ2v) is 3.61. The number of benzene rings is 1. The minimum absolute atomic E-state index is 0.531. The largest absolute Gasteiger partial charge is 0.399 e. The van der Waals surface area contributed by atoms with Crippen molar-refractivity contribution < 1.29 is 0 Å². The maximum atomic E-state index is 5.76. The van der Waals surface area contributed by atoms with Crippen molar-refractivity contribution in [3.05, 3.63) is 29.3 Å². The number of nitrogens with two attached hydrogens (primary N) is 1. The summed E-state index contributed by atoms with van der Waals surface area (Å²) in [6, 6.07) is 6.79. The summed E-state index contributed by atoms with van der Waals surface area (Å²) < 4.78 is 0. The van der Waals surface area contributed by atoms with Crippen molar-refractivity contribution in [1.29, 1.82) is 0 Å². The summed E-state index contributed by atoms with van der Waals surface area (Å²) in [5.41, 5.74) is 9.50. The van der Waals surface area contributed by atoms with Crippen LogP contribution >= 0.6 is 0 Å². The lowest BCUT2D eigenvalue weighted by molar-refractivity contribution is 0.549. The average molecular weight is 176 g/mol. The van der Waals surface area contributed by atoms with Crippen LogP contribution in [0.4, 0.5) is 5.69 Å². The lowest BCUT2D eigenvalue weighted by Gasteiger charge is -2.12. The molecule has 1 aliphatic carbocycles. The van der Waals surface area contributed by atoms with E-state index in [9.17, 15) is 0 Å². The number of anilines is 1. The summed E-state index contributed by atoms with van der Waals surface area (Å²) in [5, 5.41) is 3.47. The SMILES string of the molecule is CCNC1CCc2ccc(N)cc21. The van der Waals surface area contributed by atoms with Crippen LogP contribution in [0.2, 0.25) is 0 Å². The zero-order valence-corrected chi connectivity index (χ0v) is 8.01. The fraction of sp³-hybridized carbons (Fsp3) is 0.455. The van der Waals surface area contributed by atoms with Crippen molar-refractivity contribution in [2.45, 2.75) is 25.8 Å². The van der Waals surface area contributed by atoms with Gasteiger partial charge in [-0.05, 0) is 42.6 Å². The zero-order chi connectivity index (χ0) is 9.26. The first-order valence-corrected chi connectivity index (χ1v) is 4.93. The van der Waals surface area contributed by atoms with E-state index in [2.05, 4.69) is 24.4 Å². The van der Waals surface area contributed by atoms with Crippen LogP contribution in [0.15, 0.2) is 18.2 Å². The molecule has 1 aliphatic rings. The number of nitrogens with one attached hydrogen (secondary N) is 1. The Bertz CT molecular complexity index is 305. The Morgan fingerprint density at radius 1 is 1.54 bits per heavy atom. The third kappa shape index (κ3) is 1.54. The summed E-state index contributed by atoms with van der Waals surface area (Å²) >= 11 is 0. The third-order valence-corrected chi connectivity index (χ3v) is 2.70. The lowest BCUT2D eigenvalue weighted by Crippen LogP contribution is -2.18. The van der Waals surface area contributed by atoms with Crippen molar-refractivity contribution in [3.63, 3.8) is 0 Å². The lowest BCUT2D eigenvalue weighted by atomic mass is 10.1. The van der Waals surface area contributed by atoms with Gasteiger partial charge >= 0.3 is 0 Å². The quantitative estimate of drug-likeness (QED) is 0.675. The Morgan fingerprint density at radius 2 is 2.38 bits per heavy atom. The monoisotopic (exact) mass is 176 g/mol. The highest BCUT2D eigenvalue weighted by atomic mass is 14.9. The van der Waals surface area contributed by atoms with Crippen molar-refractivity contribution in [1.82, 2.24) is 5.32 Å². The summed E-state index contributed by atoms with van der Waals surface area (Å²) in [6.07, 6.45) is 2.40. The molecule has 1 atom stereocenters. The summed E-state index contributed by atoms with van der Waals surface area (Å²) in [5.74, 6) is 0. The highest BCUT2D eigenvalue weighted by Gasteiger charge is 2.20. The van der Waals surface area contributed by atoms with Crippen molar-refractivity contribution in [2.75, 3.05) is 12.3 Å². The highest BCUT2D eigenvalue weighted by Crippen LogP contribution is 2.32. The molecular weight excluding hydrogens is 160 g/mol. The van der Waals surface area contributed by atoms with E-state index in [1.807, 2.05) is 6.07 Å². The molecule has 1 unspecified atom stereocenters. The molecule has 0 bridgehead atoms. The third-order valence-electron chi connectivity index (χ3n) is 2.70. The number of fused-ring (bicyclic) bond motifs is 1. The molecule has 0 heterocycles. The van der Waals surface area contributed by atoms with Gasteiger partial charge in [0, 0.05) is 11.7 Å². The summed E-state index contributed by atoms with van der Waals surface area (Å²) in [6.45, 7) is 3.17. The van der Waals surface area contributed by atoms with Gasteiger partial charge in [0.1, 0.15) is 0 Å². The molecule has 0 fully saturated rings. The van der Waals surface area contributed by atoms with Crippen LogP contribution in [-0.4, -0.2) is 6.54 Å². The van der Waals surface area contributed by atoms with Gasteiger partial charge in [-0.1, -0.05) is 13.0 Å². The number of aryl methyl sites for hydroxylation is 1. The first kappa shape index (κ1) is 8.57. The minimum atomic E-state index is 0.531. The van der Waals surface area contributed by atoms with Crippen molar-refractivity contribution >= 4 is 5.69 Å². The summed E-state index contributed by atoms with van der Waals surface area (Å²) in [7, 11) is 0. The second kappa shape index (κ2) is 3.38. The van der Waals surface area contributed by atoms with E-state index in [0.29, 0.717) is 6.04 Å². The molecule has 70 valence electrons. The Morgan fingerprint density at radius 3 is 3.15 bits per heavy atom. The van der Waals surface area contributed by atoms with Crippen LogP contribution < -0.4 is 11.1 Å². The smallest absolute Gasteiger partial charge is 0.0326 e. The molecule has 0 aliphatic heterocycles. The maximum Gasteiger partial charge on any atom is 0.0326 e. The fourth-order valence-corrected chi connectivity index (χ4v) is 2.08. The normalized spacial score (nSPS) is 20.2. The van der Waals surface area contributed by atoms with Crippen molar-refractivity contribution in [2.24, 2.45) is 0 Å². The average Bonchev–Trinajstić information content (AvgIpc) is 2.49. The van der Waals surface area contributed by atoms with Crippen LogP contribution in [0.1, 0.15) is 30.5 Å². The van der Waals surface area contributed by atoms with Gasteiger partial charge in [-0.25, -0.2) is 0 Å². The van der Waals surface area contributed by atoms with Gasteiger partial charge in [-0.15, -0.1) is 0 Å². The number of hydrogen-bond acceptors (Lipinski definition) is 2. The summed E-state index contributed by atoms with van der Waals surface area (Å²) in [4.78, 5) is 0. The molecule has 1 aromatic carbocycles. The molecular formula is C11H16N2. The molecule has 13 heavy (non-hydrogen) atoms. The molecule has 0 radical (unpaired) electrons. The highest BCUT2D eigenvalue weighted by molar-refractivity contribution is 5.47. The molecule has 2 nitrogen and oxygen atoms in total. The molecule has 2 heteroatoms. The molecule has 0 amide bonds. The zero-order valence-electron chi connectivity index (χ0n) is 8.01. The van der Waals surface area contributed by atoms with Gasteiger partial charge in [0.2, 0.25) is 0 Å². The number of rotatable bonds is 2. The van der Waals surface area contributed by atoms with E-state index in [4.69, 9.17) is 5.73 Å². The van der Waals surface area contributed by atoms with Gasteiger partial charge < -0.3 is 11.1 Å². The van der Waals surface area contributed by atoms with E-state index >= 15 is 0 Å². The van der Waals surface area contributed by atoms with Gasteiger partial charge in [-0.3, -0.25) is 0 Å². The van der Waals surface area contributed by atoms with Gasteiger partial charge in [0.15, 0.2) is 0 Å². The molecule has 3 N–H and O–H groups in total. The Labute approximate surface area is 79.1 Å². The standard InChI is InChI=1S/C11H16N2/c1-2-13-11-6-4-8-3-5-9(12)7-10(8)11/h3,5,7,11,13H,2,4,6,12H2,1H3. The maximum absolute atomic E-state index is 5.76. The van der Waals surface area contributed by atoms with Gasteiger partial charge in [0.25, 0.3) is 0 Å². The molecule has 2 rings (SSSR count). The van der Waals surface area contributed by atoms with E-state index in [1.165, 1.54) is 24.0 Å². The first-order valence-electron chi connectivity index (χ1n) is 4.93. The van der Waals surface area contributed by atoms with E-state index in [1.54, 1.807) is 0 Å². The predicted octanol–water partition coefficient (Wildman–Crippen LogP) is 1.87. The number of nitrogen functional groups attached to an aromatic ring is 1. The second-order valence-electron chi connectivity index (χ2n) is 3.61. The first-order chi connectivity index (χ1) is 6.31. The van der Waals surface area contributed by atoms with Crippen LogP contribution in [0.5, 0.6) is 0 Å². The van der Waals surface area contributed by atoms with E-state index < -0.39 is 0 Å². The molecule has 0 saturated heterocycles. The molecule has 0 saturated carbocycles. The van der Waals surface area contributed by atoms with Crippen LogP contribution in [0.25, 0.3) is 0 Å². The Kier molecular flexibility index (Phi) is 2.23. The molecule has 0 spiro atoms. The van der Waals surface area contributed by atoms with Gasteiger partial charge in [-0.2, -0.15) is 0 Å². The Hall–Kier alpha value is -1.02. The van der Waals surface area contributed by atoms with E-state index in [0.717, 1.165) is 12.2 Å². The molecule has 0 aromatic heterocycles. The van der Waals surface area contributed by atoms with Crippen LogP contribution in [0.3, 0.4) is 0 Å². The number of hydrogen-bond donors (Lipinski definition) is 2. The van der Waals surface area contributed by atoms with E-state index in [-0.39, 0.29) is 0 Å². The topological polar surface area (TPSA) is 38.0 Å². The van der Waals surface area contributed by atoms with Crippen LogP contribution in [0, 0.1) is 0 Å². The van der Waals surface area contributed by atoms with Crippen LogP contribution in [-0.2, 0) is 6.42 Å². The van der Waals surface area contributed by atoms with Crippen molar-refractivity contribution in [3.8, 4) is 0 Å². The predicted molar refractivity (Wildman–Crippen MR) is 55.6 cm³/mol. The Balaban J connectivity index is 2.29. The van der Waals surface area contributed by atoms with Gasteiger partial charge in [0.05, 0.1) is 0 Å². The minimum Gasteiger partial charge on any atom is -0.399 e. The molecule has 1 aromatic rings. The fourth-order valence-electron chi connectivity index (χ4n) is 2.08.